The number of amides is 1. The summed E-state index contributed by atoms with van der Waals surface area (Å²) < 4.78 is 6.15. The molecule has 29 heavy (non-hydrogen) atoms. The highest BCUT2D eigenvalue weighted by molar-refractivity contribution is 8.26. The van der Waals surface area contributed by atoms with Gasteiger partial charge in [0.15, 0.2) is 6.04 Å². The summed E-state index contributed by atoms with van der Waals surface area (Å²) in [7, 11) is 0. The second-order valence-electron chi connectivity index (χ2n) is 6.65. The summed E-state index contributed by atoms with van der Waals surface area (Å²) >= 11 is 6.47. The van der Waals surface area contributed by atoms with E-state index in [1.54, 1.807) is 36.4 Å². The molecular weight excluding hydrogens is 406 g/mol. The van der Waals surface area contributed by atoms with Crippen LogP contribution in [0.5, 0.6) is 5.75 Å². The van der Waals surface area contributed by atoms with Crippen LogP contribution in [-0.4, -0.2) is 32.3 Å². The number of thioether (sulfide) groups is 1. The summed E-state index contributed by atoms with van der Waals surface area (Å²) in [5.74, 6) is -0.751. The summed E-state index contributed by atoms with van der Waals surface area (Å²) in [6, 6.07) is 15.1. The number of fused-ring (bicyclic) bond motifs is 1. The lowest BCUT2D eigenvalue weighted by Crippen LogP contribution is -2.37. The summed E-state index contributed by atoms with van der Waals surface area (Å²) in [5, 5.41) is 9.77. The van der Waals surface area contributed by atoms with Crippen LogP contribution in [0.2, 0.25) is 0 Å². The molecule has 2 aliphatic rings. The first-order valence-electron chi connectivity index (χ1n) is 8.98. The van der Waals surface area contributed by atoms with E-state index in [9.17, 15) is 14.7 Å². The number of carbonyl (C=O) groups excluding carboxylic acids is 1. The molecule has 0 radical (unpaired) electrons. The second-order valence-corrected chi connectivity index (χ2v) is 8.32. The molecule has 1 fully saturated rings. The highest BCUT2D eigenvalue weighted by atomic mass is 32.2. The summed E-state index contributed by atoms with van der Waals surface area (Å²) in [6.45, 7) is 1.91. The number of benzene rings is 2. The van der Waals surface area contributed by atoms with Gasteiger partial charge in [0.1, 0.15) is 16.2 Å². The molecule has 5 nitrogen and oxygen atoms in total. The monoisotopic (exact) mass is 423 g/mol. The third-order valence-corrected chi connectivity index (χ3v) is 6.07. The fraction of sp³-hybridized carbons (Fsp3) is 0.136. The lowest BCUT2D eigenvalue weighted by Gasteiger charge is -2.24. The van der Waals surface area contributed by atoms with Crippen LogP contribution in [0.15, 0.2) is 71.2 Å². The number of rotatable bonds is 4. The second kappa shape index (κ2) is 7.85. The number of aliphatic carboxylic acids is 1. The van der Waals surface area contributed by atoms with Gasteiger partial charge >= 0.3 is 5.97 Å². The molecule has 2 aromatic rings. The Labute approximate surface area is 177 Å². The predicted molar refractivity (Wildman–Crippen MR) is 116 cm³/mol. The summed E-state index contributed by atoms with van der Waals surface area (Å²) in [5.41, 5.74) is 2.26. The van der Waals surface area contributed by atoms with Crippen molar-refractivity contribution in [2.45, 2.75) is 19.1 Å². The molecule has 1 N–H and O–H groups in total. The first-order valence-corrected chi connectivity index (χ1v) is 10.2. The molecule has 0 saturated carbocycles. The van der Waals surface area contributed by atoms with Crippen molar-refractivity contribution in [3.8, 4) is 5.75 Å². The first-order chi connectivity index (χ1) is 14.0. The SMILES string of the molecule is C[C@@H]1Oc2ccccc2C=C1/C=C1\SC(=S)N([C@@H](C(=O)O)c2ccccc2)C1=O. The van der Waals surface area contributed by atoms with Crippen LogP contribution in [0.3, 0.4) is 0 Å². The average Bonchev–Trinajstić information content (AvgIpc) is 2.97. The Kier molecular flexibility index (Phi) is 5.25. The van der Waals surface area contributed by atoms with E-state index in [1.807, 2.05) is 37.3 Å². The van der Waals surface area contributed by atoms with E-state index in [2.05, 4.69) is 0 Å². The van der Waals surface area contributed by atoms with E-state index in [4.69, 9.17) is 17.0 Å². The standard InChI is InChI=1S/C22H17NO4S2/c1-13-16(11-15-9-5-6-10-17(15)27-13)12-18-20(24)23(22(28)29-18)19(21(25)26)14-7-3-2-4-8-14/h2-13,19H,1H3,(H,25,26)/b18-12-/t13-,19+/m0/s1. The minimum atomic E-state index is -1.16. The third kappa shape index (κ3) is 3.71. The van der Waals surface area contributed by atoms with Gasteiger partial charge in [-0.3, -0.25) is 9.69 Å². The molecule has 7 heteroatoms. The van der Waals surface area contributed by atoms with Crippen LogP contribution in [0.4, 0.5) is 0 Å². The van der Waals surface area contributed by atoms with Gasteiger partial charge in [0.05, 0.1) is 4.91 Å². The van der Waals surface area contributed by atoms with Gasteiger partial charge in [0.25, 0.3) is 5.91 Å². The number of ether oxygens (including phenoxy) is 1. The van der Waals surface area contributed by atoms with Gasteiger partial charge in [0, 0.05) is 5.56 Å². The molecule has 0 aromatic heterocycles. The zero-order valence-corrected chi connectivity index (χ0v) is 17.1. The van der Waals surface area contributed by atoms with Gasteiger partial charge in [0.2, 0.25) is 0 Å². The maximum atomic E-state index is 13.1. The number of carboxylic acids is 1. The van der Waals surface area contributed by atoms with Crippen LogP contribution in [0, 0.1) is 0 Å². The van der Waals surface area contributed by atoms with Gasteiger partial charge in [-0.1, -0.05) is 72.5 Å². The van der Waals surface area contributed by atoms with Gasteiger partial charge in [-0.25, -0.2) is 4.79 Å². The largest absolute Gasteiger partial charge is 0.485 e. The van der Waals surface area contributed by atoms with Crippen molar-refractivity contribution >= 4 is 46.3 Å². The Morgan fingerprint density at radius 3 is 2.62 bits per heavy atom. The molecule has 0 bridgehead atoms. The summed E-state index contributed by atoms with van der Waals surface area (Å²) in [4.78, 5) is 26.6. The minimum Gasteiger partial charge on any atom is -0.485 e. The fourth-order valence-corrected chi connectivity index (χ4v) is 4.63. The lowest BCUT2D eigenvalue weighted by molar-refractivity contribution is -0.145. The zero-order chi connectivity index (χ0) is 20.5. The quantitative estimate of drug-likeness (QED) is 0.580. The van der Waals surface area contributed by atoms with E-state index in [0.717, 1.165) is 28.6 Å². The average molecular weight is 424 g/mol. The molecule has 2 aliphatic heterocycles. The van der Waals surface area contributed by atoms with Crippen molar-refractivity contribution in [1.82, 2.24) is 4.90 Å². The Morgan fingerprint density at radius 2 is 1.90 bits per heavy atom. The maximum absolute atomic E-state index is 13.1. The van der Waals surface area contributed by atoms with Crippen LogP contribution in [-0.2, 0) is 9.59 Å². The Balaban J connectivity index is 1.68. The topological polar surface area (TPSA) is 66.8 Å². The molecule has 1 amide bonds. The number of para-hydroxylation sites is 1. The number of hydrogen-bond donors (Lipinski definition) is 1. The van der Waals surface area contributed by atoms with E-state index in [1.165, 1.54) is 4.90 Å². The van der Waals surface area contributed by atoms with Gasteiger partial charge in [-0.05, 0) is 36.3 Å². The highest BCUT2D eigenvalue weighted by Crippen LogP contribution is 2.39. The number of thiocarbonyl (C=S) groups is 1. The predicted octanol–water partition coefficient (Wildman–Crippen LogP) is 4.42. The maximum Gasteiger partial charge on any atom is 0.331 e. The van der Waals surface area contributed by atoms with Crippen LogP contribution >= 0.6 is 24.0 Å². The van der Waals surface area contributed by atoms with E-state index in [0.29, 0.717) is 10.5 Å². The van der Waals surface area contributed by atoms with Gasteiger partial charge < -0.3 is 9.84 Å². The molecular formula is C22H17NO4S2. The minimum absolute atomic E-state index is 0.225. The van der Waals surface area contributed by atoms with Crippen molar-refractivity contribution in [3.05, 3.63) is 82.3 Å². The van der Waals surface area contributed by atoms with Crippen LogP contribution in [0.1, 0.15) is 24.1 Å². The van der Waals surface area contributed by atoms with Crippen molar-refractivity contribution in [1.29, 1.82) is 0 Å². The molecule has 1 saturated heterocycles. The molecule has 2 aromatic carbocycles. The highest BCUT2D eigenvalue weighted by Gasteiger charge is 2.41. The Bertz CT molecular complexity index is 1060. The van der Waals surface area contributed by atoms with Gasteiger partial charge in [-0.15, -0.1) is 0 Å². The zero-order valence-electron chi connectivity index (χ0n) is 15.4. The normalized spacial score (nSPS) is 20.9. The molecule has 0 spiro atoms. The van der Waals surface area contributed by atoms with Gasteiger partial charge in [-0.2, -0.15) is 0 Å². The van der Waals surface area contributed by atoms with Crippen LogP contribution in [0.25, 0.3) is 6.08 Å². The molecule has 0 unspecified atom stereocenters. The lowest BCUT2D eigenvalue weighted by atomic mass is 10.0. The Hall–Kier alpha value is -2.90. The van der Waals surface area contributed by atoms with Crippen LogP contribution < -0.4 is 4.74 Å². The van der Waals surface area contributed by atoms with E-state index in [-0.39, 0.29) is 10.4 Å². The Morgan fingerprint density at radius 1 is 1.21 bits per heavy atom. The summed E-state index contributed by atoms with van der Waals surface area (Å²) in [6.07, 6.45) is 3.48. The molecule has 146 valence electrons. The van der Waals surface area contributed by atoms with Crippen molar-refractivity contribution in [3.63, 3.8) is 0 Å². The van der Waals surface area contributed by atoms with E-state index < -0.39 is 17.9 Å². The van der Waals surface area contributed by atoms with E-state index >= 15 is 0 Å². The van der Waals surface area contributed by atoms with Crippen molar-refractivity contribution in [2.24, 2.45) is 0 Å². The molecule has 2 atom stereocenters. The fourth-order valence-electron chi connectivity index (χ4n) is 3.31. The smallest absolute Gasteiger partial charge is 0.331 e. The van der Waals surface area contributed by atoms with Crippen molar-refractivity contribution < 1.29 is 19.4 Å². The molecule has 0 aliphatic carbocycles. The molecule has 2 heterocycles. The number of hydrogen-bond acceptors (Lipinski definition) is 5. The van der Waals surface area contributed by atoms with Crippen molar-refractivity contribution in [2.75, 3.05) is 0 Å². The first kappa shape index (κ1) is 19.4. The number of carbonyl (C=O) groups is 2. The number of nitrogens with zero attached hydrogens (tertiary/aromatic N) is 1. The third-order valence-electron chi connectivity index (χ3n) is 4.74. The molecule has 4 rings (SSSR count). The number of carboxylic acid groups (broad SMARTS) is 1.